The first-order valence-corrected chi connectivity index (χ1v) is 6.19. The molecule has 2 rings (SSSR count). The van der Waals surface area contributed by atoms with E-state index in [2.05, 4.69) is 0 Å². The number of benzene rings is 2. The van der Waals surface area contributed by atoms with Gasteiger partial charge in [-0.1, -0.05) is 24.3 Å². The maximum atomic E-state index is 13.1. The lowest BCUT2D eigenvalue weighted by Gasteiger charge is -2.12. The summed E-state index contributed by atoms with van der Waals surface area (Å²) in [5, 5.41) is 19.9. The number of nitro groups is 1. The van der Waals surface area contributed by atoms with Crippen molar-refractivity contribution in [3.63, 3.8) is 0 Å². The molecule has 0 radical (unpaired) electrons. The molecule has 2 aromatic rings. The normalized spacial score (nSPS) is 11.9. The molecule has 1 unspecified atom stereocenters. The van der Waals surface area contributed by atoms with Gasteiger partial charge in [-0.25, -0.2) is 4.39 Å². The van der Waals surface area contributed by atoms with E-state index in [-0.39, 0.29) is 12.1 Å². The van der Waals surface area contributed by atoms with Gasteiger partial charge in [0.2, 0.25) is 0 Å². The molecule has 0 amide bonds. The summed E-state index contributed by atoms with van der Waals surface area (Å²) in [4.78, 5) is 21.4. The Labute approximate surface area is 119 Å². The van der Waals surface area contributed by atoms with Gasteiger partial charge in [0.05, 0.1) is 10.8 Å². The number of aliphatic carboxylic acids is 1. The fourth-order valence-electron chi connectivity index (χ4n) is 2.08. The minimum atomic E-state index is -1.06. The highest BCUT2D eigenvalue weighted by Gasteiger charge is 2.21. The minimum Gasteiger partial charge on any atom is -0.481 e. The number of carbonyl (C=O) groups is 1. The highest BCUT2D eigenvalue weighted by atomic mass is 19.1. The Morgan fingerprint density at radius 2 is 1.90 bits per heavy atom. The van der Waals surface area contributed by atoms with Crippen molar-refractivity contribution in [2.45, 2.75) is 12.3 Å². The van der Waals surface area contributed by atoms with Crippen LogP contribution in [0.4, 0.5) is 10.1 Å². The maximum Gasteiger partial charge on any atom is 0.311 e. The average molecular weight is 289 g/mol. The van der Waals surface area contributed by atoms with Crippen molar-refractivity contribution in [1.82, 2.24) is 0 Å². The van der Waals surface area contributed by atoms with Crippen molar-refractivity contribution in [1.29, 1.82) is 0 Å². The lowest BCUT2D eigenvalue weighted by atomic mass is 9.92. The lowest BCUT2D eigenvalue weighted by molar-refractivity contribution is -0.384. The first-order chi connectivity index (χ1) is 9.97. The van der Waals surface area contributed by atoms with Crippen molar-refractivity contribution in [2.24, 2.45) is 0 Å². The van der Waals surface area contributed by atoms with E-state index < -0.39 is 22.6 Å². The van der Waals surface area contributed by atoms with Crippen LogP contribution in [0, 0.1) is 15.9 Å². The fourth-order valence-corrected chi connectivity index (χ4v) is 2.08. The zero-order valence-electron chi connectivity index (χ0n) is 10.9. The van der Waals surface area contributed by atoms with E-state index >= 15 is 0 Å². The summed E-state index contributed by atoms with van der Waals surface area (Å²) in [5.74, 6) is -2.37. The second-order valence-electron chi connectivity index (χ2n) is 4.57. The molecule has 21 heavy (non-hydrogen) atoms. The molecule has 0 bridgehead atoms. The van der Waals surface area contributed by atoms with Crippen LogP contribution in [0.15, 0.2) is 48.5 Å². The van der Waals surface area contributed by atoms with E-state index in [0.717, 1.165) is 0 Å². The van der Waals surface area contributed by atoms with Crippen LogP contribution >= 0.6 is 0 Å². The van der Waals surface area contributed by atoms with Crippen LogP contribution in [0.5, 0.6) is 0 Å². The van der Waals surface area contributed by atoms with E-state index in [9.17, 15) is 24.4 Å². The molecule has 0 aromatic heterocycles. The Hall–Kier alpha value is -2.76. The van der Waals surface area contributed by atoms with Crippen molar-refractivity contribution in [3.8, 4) is 0 Å². The molecule has 2 aromatic carbocycles. The molecule has 0 heterocycles. The fraction of sp³-hybridized carbons (Fsp3) is 0.133. The van der Waals surface area contributed by atoms with Gasteiger partial charge in [0.1, 0.15) is 5.82 Å². The van der Waals surface area contributed by atoms with E-state index in [0.29, 0.717) is 11.1 Å². The van der Waals surface area contributed by atoms with Gasteiger partial charge in [0.15, 0.2) is 0 Å². The third kappa shape index (κ3) is 3.62. The average Bonchev–Trinajstić information content (AvgIpc) is 2.44. The third-order valence-corrected chi connectivity index (χ3v) is 3.13. The molecule has 5 nitrogen and oxygen atoms in total. The van der Waals surface area contributed by atoms with Crippen LogP contribution in [0.1, 0.15) is 17.0 Å². The standard InChI is InChI=1S/C15H12FNO4/c16-12-3-1-2-10(8-12)9-14(15(18)19)11-4-6-13(7-5-11)17(20)21/h1-8,14H,9H2,(H,18,19). The zero-order valence-corrected chi connectivity index (χ0v) is 10.9. The highest BCUT2D eigenvalue weighted by Crippen LogP contribution is 2.24. The number of rotatable bonds is 5. The van der Waals surface area contributed by atoms with Crippen LogP contribution in [0.25, 0.3) is 0 Å². The number of halogens is 1. The molecule has 0 aliphatic rings. The number of carboxylic acid groups (broad SMARTS) is 1. The Balaban J connectivity index is 2.26. The predicted molar refractivity (Wildman–Crippen MR) is 73.6 cm³/mol. The first-order valence-electron chi connectivity index (χ1n) is 6.19. The monoisotopic (exact) mass is 289 g/mol. The summed E-state index contributed by atoms with van der Waals surface area (Å²) in [7, 11) is 0. The van der Waals surface area contributed by atoms with Crippen LogP contribution in [0.3, 0.4) is 0 Å². The number of non-ortho nitro benzene ring substituents is 1. The smallest absolute Gasteiger partial charge is 0.311 e. The Bertz CT molecular complexity index is 670. The van der Waals surface area contributed by atoms with Gasteiger partial charge >= 0.3 is 5.97 Å². The molecule has 1 atom stereocenters. The summed E-state index contributed by atoms with van der Waals surface area (Å²) >= 11 is 0. The number of carboxylic acids is 1. The van der Waals surface area contributed by atoms with E-state index in [1.165, 1.54) is 42.5 Å². The van der Waals surface area contributed by atoms with Crippen LogP contribution < -0.4 is 0 Å². The van der Waals surface area contributed by atoms with Crippen molar-refractivity contribution >= 4 is 11.7 Å². The van der Waals surface area contributed by atoms with Gasteiger partial charge in [-0.15, -0.1) is 0 Å². The van der Waals surface area contributed by atoms with Gasteiger partial charge in [-0.3, -0.25) is 14.9 Å². The van der Waals surface area contributed by atoms with Crippen molar-refractivity contribution < 1.29 is 19.2 Å². The Morgan fingerprint density at radius 3 is 2.43 bits per heavy atom. The molecular weight excluding hydrogens is 277 g/mol. The molecule has 1 N–H and O–H groups in total. The van der Waals surface area contributed by atoms with Gasteiger partial charge in [0, 0.05) is 12.1 Å². The summed E-state index contributed by atoms with van der Waals surface area (Å²) in [6.07, 6.45) is 0.116. The Morgan fingerprint density at radius 1 is 1.24 bits per heavy atom. The summed E-state index contributed by atoms with van der Waals surface area (Å²) in [6, 6.07) is 11.1. The number of nitrogens with zero attached hydrogens (tertiary/aromatic N) is 1. The van der Waals surface area contributed by atoms with Crippen molar-refractivity contribution in [3.05, 3.63) is 75.6 Å². The van der Waals surface area contributed by atoms with E-state index in [1.54, 1.807) is 6.07 Å². The van der Waals surface area contributed by atoms with Crippen LogP contribution in [-0.4, -0.2) is 16.0 Å². The molecule has 0 aliphatic carbocycles. The molecule has 0 spiro atoms. The lowest BCUT2D eigenvalue weighted by Crippen LogP contribution is -2.14. The molecule has 0 saturated heterocycles. The summed E-state index contributed by atoms with van der Waals surface area (Å²) < 4.78 is 13.1. The predicted octanol–water partition coefficient (Wildman–Crippen LogP) is 3.14. The zero-order chi connectivity index (χ0) is 15.4. The minimum absolute atomic E-state index is 0.103. The maximum absolute atomic E-state index is 13.1. The number of hydrogen-bond acceptors (Lipinski definition) is 3. The van der Waals surface area contributed by atoms with Gasteiger partial charge < -0.3 is 5.11 Å². The third-order valence-electron chi connectivity index (χ3n) is 3.13. The van der Waals surface area contributed by atoms with E-state index in [4.69, 9.17) is 0 Å². The second kappa shape index (κ2) is 6.13. The molecular formula is C15H12FNO4. The van der Waals surface area contributed by atoms with Crippen LogP contribution in [0.2, 0.25) is 0 Å². The first kappa shape index (κ1) is 14.6. The molecule has 0 aliphatic heterocycles. The van der Waals surface area contributed by atoms with Gasteiger partial charge in [-0.05, 0) is 29.7 Å². The van der Waals surface area contributed by atoms with Crippen molar-refractivity contribution in [2.75, 3.05) is 0 Å². The highest BCUT2D eigenvalue weighted by molar-refractivity contribution is 5.76. The SMILES string of the molecule is O=C(O)C(Cc1cccc(F)c1)c1ccc([N+](=O)[O-])cc1. The number of hydrogen-bond donors (Lipinski definition) is 1. The molecule has 0 fully saturated rings. The Kier molecular flexibility index (Phi) is 4.27. The van der Waals surface area contributed by atoms with Gasteiger partial charge in [-0.2, -0.15) is 0 Å². The molecule has 6 heteroatoms. The topological polar surface area (TPSA) is 80.4 Å². The summed E-state index contributed by atoms with van der Waals surface area (Å²) in [6.45, 7) is 0. The second-order valence-corrected chi connectivity index (χ2v) is 4.57. The molecule has 0 saturated carbocycles. The quantitative estimate of drug-likeness (QED) is 0.677. The van der Waals surface area contributed by atoms with E-state index in [1.807, 2.05) is 0 Å². The largest absolute Gasteiger partial charge is 0.481 e. The summed E-state index contributed by atoms with van der Waals surface area (Å²) in [5.41, 5.74) is 0.895. The molecule has 108 valence electrons. The van der Waals surface area contributed by atoms with Gasteiger partial charge in [0.25, 0.3) is 5.69 Å². The van der Waals surface area contributed by atoms with Crippen LogP contribution in [-0.2, 0) is 11.2 Å². The number of nitro benzene ring substituents is 1.